The first-order valence-electron chi connectivity index (χ1n) is 7.29. The maximum atomic E-state index is 8.35. The first kappa shape index (κ1) is 16.9. The maximum absolute atomic E-state index is 8.35. The number of nitrogens with two attached hydrogens (primary N) is 1. The quantitative estimate of drug-likeness (QED) is 0.514. The Bertz CT molecular complexity index is 765. The molecule has 1 atom stereocenters. The van der Waals surface area contributed by atoms with Crippen LogP contribution < -0.4 is 5.73 Å². The van der Waals surface area contributed by atoms with E-state index in [0.29, 0.717) is 12.4 Å². The van der Waals surface area contributed by atoms with Crippen molar-refractivity contribution < 1.29 is 0 Å². The van der Waals surface area contributed by atoms with Gasteiger partial charge in [-0.25, -0.2) is 0 Å². The summed E-state index contributed by atoms with van der Waals surface area (Å²) in [7, 11) is 0. The van der Waals surface area contributed by atoms with Crippen molar-refractivity contribution in [2.45, 2.75) is 18.9 Å². The molecule has 2 aromatic rings. The number of hydrogen-bond donors (Lipinski definition) is 1. The molecule has 2 aromatic carbocycles. The fraction of sp³-hybridized carbons (Fsp3) is 0.235. The first-order chi connectivity index (χ1) is 10.8. The third-order valence-corrected chi connectivity index (χ3v) is 3.90. The van der Waals surface area contributed by atoms with Crippen LogP contribution >= 0.6 is 12.4 Å². The van der Waals surface area contributed by atoms with Gasteiger partial charge in [-0.3, -0.25) is 4.99 Å². The molecule has 0 saturated heterocycles. The van der Waals surface area contributed by atoms with E-state index in [9.17, 15) is 0 Å². The Morgan fingerprint density at radius 3 is 2.87 bits per heavy atom. The minimum atomic E-state index is 0. The summed E-state index contributed by atoms with van der Waals surface area (Å²) >= 11 is 0. The van der Waals surface area contributed by atoms with E-state index in [1.54, 1.807) is 0 Å². The topological polar surface area (TPSA) is 87.1 Å². The van der Waals surface area contributed by atoms with Crippen molar-refractivity contribution in [3.8, 4) is 0 Å². The summed E-state index contributed by atoms with van der Waals surface area (Å²) in [5, 5.41) is 3.58. The summed E-state index contributed by atoms with van der Waals surface area (Å²) in [6.07, 6.45) is 1.59. The summed E-state index contributed by atoms with van der Waals surface area (Å²) in [6, 6.07) is 16.5. The molecule has 0 radical (unpaired) electrons. The number of aliphatic imine (C=N–C) groups is 1. The number of azide groups is 1. The van der Waals surface area contributed by atoms with E-state index in [-0.39, 0.29) is 18.4 Å². The van der Waals surface area contributed by atoms with E-state index in [1.807, 2.05) is 30.3 Å². The molecule has 0 aromatic heterocycles. The van der Waals surface area contributed by atoms with Crippen molar-refractivity contribution in [1.29, 1.82) is 0 Å². The Balaban J connectivity index is 0.00000192. The van der Waals surface area contributed by atoms with Crippen molar-refractivity contribution >= 4 is 18.2 Å². The number of halogens is 1. The minimum Gasteiger partial charge on any atom is -0.383 e. The van der Waals surface area contributed by atoms with Gasteiger partial charge in [0, 0.05) is 17.0 Å². The van der Waals surface area contributed by atoms with Crippen LogP contribution in [0.2, 0.25) is 0 Å². The van der Waals surface area contributed by atoms with Crippen LogP contribution in [0.25, 0.3) is 10.4 Å². The summed E-state index contributed by atoms with van der Waals surface area (Å²) in [5.74, 6) is 0.603. The highest BCUT2D eigenvalue weighted by atomic mass is 35.5. The third kappa shape index (κ3) is 3.83. The third-order valence-electron chi connectivity index (χ3n) is 3.90. The molecule has 0 bridgehead atoms. The Morgan fingerprint density at radius 2 is 2.04 bits per heavy atom. The van der Waals surface area contributed by atoms with Gasteiger partial charge >= 0.3 is 0 Å². The molecule has 1 unspecified atom stereocenters. The lowest BCUT2D eigenvalue weighted by Gasteiger charge is -2.22. The van der Waals surface area contributed by atoms with E-state index in [2.05, 4.69) is 33.2 Å². The molecule has 1 aliphatic rings. The standard InChI is InChI=1S/C17H17N5.ClH/c18-17-15-7-2-1-5-13(15)11-16(21-17)14-6-3-4-12(10-14)8-9-20-22-19;/h1-7,10,16H,8-9,11H2,(H2,18,21);1H. The molecular weight excluding hydrogens is 310 g/mol. The molecule has 5 nitrogen and oxygen atoms in total. The highest BCUT2D eigenvalue weighted by molar-refractivity contribution is 5.99. The zero-order chi connectivity index (χ0) is 15.4. The van der Waals surface area contributed by atoms with Crippen LogP contribution in [-0.4, -0.2) is 12.4 Å². The maximum Gasteiger partial charge on any atom is 0.126 e. The Morgan fingerprint density at radius 1 is 1.22 bits per heavy atom. The number of nitrogens with zero attached hydrogens (tertiary/aromatic N) is 4. The van der Waals surface area contributed by atoms with E-state index in [0.717, 1.165) is 29.5 Å². The van der Waals surface area contributed by atoms with Crippen molar-refractivity contribution in [3.63, 3.8) is 0 Å². The smallest absolute Gasteiger partial charge is 0.126 e. The molecular formula is C17H18ClN5. The normalized spacial score (nSPS) is 15.7. The molecule has 118 valence electrons. The van der Waals surface area contributed by atoms with Crippen LogP contribution in [0.4, 0.5) is 0 Å². The average Bonchev–Trinajstić information content (AvgIpc) is 2.55. The van der Waals surface area contributed by atoms with E-state index < -0.39 is 0 Å². The van der Waals surface area contributed by atoms with Gasteiger partial charge in [0.15, 0.2) is 0 Å². The second-order valence-electron chi connectivity index (χ2n) is 5.34. The summed E-state index contributed by atoms with van der Waals surface area (Å²) < 4.78 is 0. The first-order valence-corrected chi connectivity index (χ1v) is 7.29. The number of benzene rings is 2. The SMILES string of the molecule is Cl.[N-]=[N+]=NCCc1cccc(C2Cc3ccccc3C(N)=N2)c1. The van der Waals surface area contributed by atoms with Gasteiger partial charge in [-0.2, -0.15) is 0 Å². The van der Waals surface area contributed by atoms with Crippen LogP contribution in [0.15, 0.2) is 58.6 Å². The number of hydrogen-bond acceptors (Lipinski definition) is 3. The van der Waals surface area contributed by atoms with Gasteiger partial charge < -0.3 is 5.73 Å². The molecule has 3 rings (SSSR count). The van der Waals surface area contributed by atoms with E-state index in [4.69, 9.17) is 11.3 Å². The molecule has 0 aliphatic carbocycles. The van der Waals surface area contributed by atoms with Gasteiger partial charge in [0.05, 0.1) is 6.04 Å². The van der Waals surface area contributed by atoms with Crippen LogP contribution in [0.5, 0.6) is 0 Å². The lowest BCUT2D eigenvalue weighted by Crippen LogP contribution is -2.22. The molecule has 2 N–H and O–H groups in total. The van der Waals surface area contributed by atoms with Crippen molar-refractivity contribution in [1.82, 2.24) is 0 Å². The molecule has 0 spiro atoms. The largest absolute Gasteiger partial charge is 0.383 e. The Kier molecular flexibility index (Phi) is 5.63. The molecule has 1 aliphatic heterocycles. The number of amidine groups is 1. The minimum absolute atomic E-state index is 0. The van der Waals surface area contributed by atoms with Crippen molar-refractivity contribution in [2.75, 3.05) is 6.54 Å². The van der Waals surface area contributed by atoms with Crippen LogP contribution in [0.1, 0.15) is 28.3 Å². The van der Waals surface area contributed by atoms with E-state index in [1.165, 1.54) is 5.56 Å². The molecule has 23 heavy (non-hydrogen) atoms. The molecule has 0 fully saturated rings. The monoisotopic (exact) mass is 327 g/mol. The second kappa shape index (κ2) is 7.68. The van der Waals surface area contributed by atoms with Gasteiger partial charge in [0.2, 0.25) is 0 Å². The van der Waals surface area contributed by atoms with Gasteiger partial charge in [0.25, 0.3) is 0 Å². The lowest BCUT2D eigenvalue weighted by molar-refractivity contribution is 0.708. The summed E-state index contributed by atoms with van der Waals surface area (Å²) in [5.41, 5.74) is 19.0. The summed E-state index contributed by atoms with van der Waals surface area (Å²) in [6.45, 7) is 0.471. The Labute approximate surface area is 141 Å². The highest BCUT2D eigenvalue weighted by Crippen LogP contribution is 2.29. The molecule has 1 heterocycles. The molecule has 0 amide bonds. The van der Waals surface area contributed by atoms with Gasteiger partial charge in [0.1, 0.15) is 5.84 Å². The second-order valence-corrected chi connectivity index (χ2v) is 5.34. The van der Waals surface area contributed by atoms with E-state index >= 15 is 0 Å². The zero-order valence-corrected chi connectivity index (χ0v) is 13.4. The van der Waals surface area contributed by atoms with Gasteiger partial charge in [-0.1, -0.05) is 53.6 Å². The number of fused-ring (bicyclic) bond motifs is 1. The van der Waals surface area contributed by atoms with Gasteiger partial charge in [-0.05, 0) is 35.1 Å². The van der Waals surface area contributed by atoms with Crippen LogP contribution in [-0.2, 0) is 12.8 Å². The van der Waals surface area contributed by atoms with Crippen LogP contribution in [0, 0.1) is 0 Å². The fourth-order valence-corrected chi connectivity index (χ4v) is 2.81. The average molecular weight is 328 g/mol. The van der Waals surface area contributed by atoms with Crippen LogP contribution in [0.3, 0.4) is 0 Å². The van der Waals surface area contributed by atoms with Gasteiger partial charge in [-0.15, -0.1) is 12.4 Å². The number of rotatable bonds is 4. The Hall–Kier alpha value is -2.49. The molecule has 0 saturated carbocycles. The summed E-state index contributed by atoms with van der Waals surface area (Å²) in [4.78, 5) is 7.43. The predicted molar refractivity (Wildman–Crippen MR) is 95.0 cm³/mol. The lowest BCUT2D eigenvalue weighted by atomic mass is 9.91. The highest BCUT2D eigenvalue weighted by Gasteiger charge is 2.20. The van der Waals surface area contributed by atoms with Crippen molar-refractivity contribution in [3.05, 3.63) is 81.2 Å². The zero-order valence-electron chi connectivity index (χ0n) is 12.6. The predicted octanol–water partition coefficient (Wildman–Crippen LogP) is 3.96. The molecule has 6 heteroatoms. The fourth-order valence-electron chi connectivity index (χ4n) is 2.81. The van der Waals surface area contributed by atoms with Crippen molar-refractivity contribution in [2.24, 2.45) is 15.8 Å².